The van der Waals surface area contributed by atoms with Gasteiger partial charge in [-0.2, -0.15) is 0 Å². The van der Waals surface area contributed by atoms with E-state index in [1.54, 1.807) is 5.57 Å². The van der Waals surface area contributed by atoms with Crippen molar-refractivity contribution in [3.8, 4) is 0 Å². The molecule has 1 nitrogen and oxygen atoms in total. The summed E-state index contributed by atoms with van der Waals surface area (Å²) >= 11 is 3.64. The second kappa shape index (κ2) is 8.10. The molecule has 4 aliphatic carbocycles. The van der Waals surface area contributed by atoms with Gasteiger partial charge in [0.2, 0.25) is 0 Å². The molecule has 0 heterocycles. The normalized spacial score (nSPS) is 45.4. The lowest BCUT2D eigenvalue weighted by Gasteiger charge is -2.58. The van der Waals surface area contributed by atoms with Gasteiger partial charge in [-0.3, -0.25) is 4.79 Å². The van der Waals surface area contributed by atoms with Crippen LogP contribution in [0.4, 0.5) is 0 Å². The molecule has 0 aromatic heterocycles. The first-order valence-electron chi connectivity index (χ1n) is 12.5. The lowest BCUT2D eigenvalue weighted by atomic mass is 9.47. The predicted molar refractivity (Wildman–Crippen MR) is 126 cm³/mol. The van der Waals surface area contributed by atoms with Crippen LogP contribution in [0.15, 0.2) is 11.6 Å². The molecule has 0 N–H and O–H groups in total. The first-order valence-corrected chi connectivity index (χ1v) is 13.4. The van der Waals surface area contributed by atoms with Gasteiger partial charge in [0.05, 0.1) is 4.83 Å². The van der Waals surface area contributed by atoms with Crippen molar-refractivity contribution in [1.29, 1.82) is 0 Å². The van der Waals surface area contributed by atoms with Crippen molar-refractivity contribution in [1.82, 2.24) is 0 Å². The average molecular weight is 464 g/mol. The van der Waals surface area contributed by atoms with Crippen molar-refractivity contribution < 1.29 is 4.79 Å². The van der Waals surface area contributed by atoms with E-state index in [9.17, 15) is 4.79 Å². The molecule has 164 valence electrons. The third-order valence-electron chi connectivity index (χ3n) is 10.1. The van der Waals surface area contributed by atoms with Gasteiger partial charge in [-0.1, -0.05) is 81.5 Å². The molecule has 8 atom stereocenters. The highest BCUT2D eigenvalue weighted by Crippen LogP contribution is 2.67. The highest BCUT2D eigenvalue weighted by Gasteiger charge is 2.59. The van der Waals surface area contributed by atoms with Crippen LogP contribution in [0.1, 0.15) is 98.8 Å². The molecule has 0 aromatic carbocycles. The standard InChI is InChI=1S/C27H43BrO/c1-17(2)7-6-8-18(3)21-11-12-22-20-10-9-19-15-24(28)25(29)16-27(19,5)23(20)13-14-26(21,22)4/h9,17-18,20-24H,6-8,10-16H2,1-5H3/t18-,20-,21-,22+,23+,24-,26+,27-/m0/s1. The van der Waals surface area contributed by atoms with Crippen LogP contribution in [0.25, 0.3) is 0 Å². The van der Waals surface area contributed by atoms with Gasteiger partial charge >= 0.3 is 0 Å². The molecule has 4 aliphatic rings. The highest BCUT2D eigenvalue weighted by molar-refractivity contribution is 9.10. The number of rotatable bonds is 5. The van der Waals surface area contributed by atoms with Crippen molar-refractivity contribution in [2.24, 2.45) is 46.3 Å². The van der Waals surface area contributed by atoms with Crippen LogP contribution in [-0.2, 0) is 4.79 Å². The summed E-state index contributed by atoms with van der Waals surface area (Å²) < 4.78 is 0. The number of Topliss-reactive ketones (excluding diaryl/α,β-unsaturated/α-hetero) is 1. The minimum Gasteiger partial charge on any atom is -0.298 e. The summed E-state index contributed by atoms with van der Waals surface area (Å²) in [4.78, 5) is 12.7. The van der Waals surface area contributed by atoms with Gasteiger partial charge in [-0.15, -0.1) is 0 Å². The van der Waals surface area contributed by atoms with Gasteiger partial charge in [0.25, 0.3) is 0 Å². The number of carbonyl (C=O) groups is 1. The number of carbonyl (C=O) groups excluding carboxylic acids is 1. The summed E-state index contributed by atoms with van der Waals surface area (Å²) in [6.45, 7) is 12.4. The van der Waals surface area contributed by atoms with Crippen LogP contribution in [0, 0.1) is 46.3 Å². The van der Waals surface area contributed by atoms with E-state index in [1.165, 1.54) is 51.4 Å². The number of hydrogen-bond acceptors (Lipinski definition) is 1. The topological polar surface area (TPSA) is 17.1 Å². The molecular formula is C27H43BrO. The minimum atomic E-state index is 0.0646. The summed E-state index contributed by atoms with van der Waals surface area (Å²) in [7, 11) is 0. The van der Waals surface area contributed by atoms with Crippen LogP contribution in [0.3, 0.4) is 0 Å². The van der Waals surface area contributed by atoms with E-state index >= 15 is 0 Å². The number of ketones is 1. The zero-order chi connectivity index (χ0) is 21.0. The lowest BCUT2D eigenvalue weighted by molar-refractivity contribution is -0.124. The molecule has 0 aromatic rings. The number of fused-ring (bicyclic) bond motifs is 5. The molecule has 29 heavy (non-hydrogen) atoms. The molecule has 3 fully saturated rings. The Bertz CT molecular complexity index is 665. The Morgan fingerprint density at radius 1 is 1.10 bits per heavy atom. The van der Waals surface area contributed by atoms with Gasteiger partial charge < -0.3 is 0 Å². The maximum Gasteiger partial charge on any atom is 0.147 e. The van der Waals surface area contributed by atoms with Crippen LogP contribution in [0.2, 0.25) is 0 Å². The summed E-state index contributed by atoms with van der Waals surface area (Å²) in [5.41, 5.74) is 2.28. The van der Waals surface area contributed by atoms with Crippen LogP contribution < -0.4 is 0 Å². The van der Waals surface area contributed by atoms with E-state index in [4.69, 9.17) is 0 Å². The highest BCUT2D eigenvalue weighted by atomic mass is 79.9. The largest absolute Gasteiger partial charge is 0.298 e. The molecule has 3 saturated carbocycles. The van der Waals surface area contributed by atoms with Crippen LogP contribution >= 0.6 is 15.9 Å². The van der Waals surface area contributed by atoms with Crippen molar-refractivity contribution in [2.45, 2.75) is 104 Å². The molecule has 0 unspecified atom stereocenters. The second-order valence-electron chi connectivity index (χ2n) is 12.1. The molecule has 0 bridgehead atoms. The third kappa shape index (κ3) is 3.72. The molecule has 0 saturated heterocycles. The smallest absolute Gasteiger partial charge is 0.147 e. The van der Waals surface area contributed by atoms with Crippen LogP contribution in [0.5, 0.6) is 0 Å². The van der Waals surface area contributed by atoms with Gasteiger partial charge in [0.15, 0.2) is 0 Å². The van der Waals surface area contributed by atoms with Gasteiger partial charge in [0, 0.05) is 6.42 Å². The Kier molecular flexibility index (Phi) is 6.17. The SMILES string of the molecule is CC(C)CCC[C@H](C)[C@@H]1CC[C@@H]2[C@@H]3CC=C4C[C@H](Br)C(=O)C[C@]4(C)[C@@H]3CC[C@@]21C. The average Bonchev–Trinajstić information content (AvgIpc) is 3.00. The fourth-order valence-electron chi connectivity index (χ4n) is 8.52. The lowest BCUT2D eigenvalue weighted by Crippen LogP contribution is -2.52. The molecule has 0 amide bonds. The van der Waals surface area contributed by atoms with Crippen molar-refractivity contribution in [2.75, 3.05) is 0 Å². The Morgan fingerprint density at radius 3 is 2.59 bits per heavy atom. The Hall–Kier alpha value is -0.110. The van der Waals surface area contributed by atoms with E-state index in [0.29, 0.717) is 11.2 Å². The first-order chi connectivity index (χ1) is 13.7. The van der Waals surface area contributed by atoms with E-state index in [1.807, 2.05) is 0 Å². The van der Waals surface area contributed by atoms with Crippen molar-refractivity contribution in [3.05, 3.63) is 11.6 Å². The Labute approximate surface area is 188 Å². The molecule has 4 rings (SSSR count). The fraction of sp³-hybridized carbons (Fsp3) is 0.889. The maximum atomic E-state index is 12.6. The van der Waals surface area contributed by atoms with Gasteiger partial charge in [-0.25, -0.2) is 0 Å². The van der Waals surface area contributed by atoms with Gasteiger partial charge in [0.1, 0.15) is 5.78 Å². The van der Waals surface area contributed by atoms with E-state index in [2.05, 4.69) is 56.6 Å². The Balaban J connectivity index is 1.51. The number of allylic oxidation sites excluding steroid dienone is 2. The monoisotopic (exact) mass is 462 g/mol. The van der Waals surface area contributed by atoms with Crippen LogP contribution in [-0.4, -0.2) is 10.6 Å². The zero-order valence-corrected chi connectivity index (χ0v) is 21.1. The summed E-state index contributed by atoms with van der Waals surface area (Å²) in [5.74, 6) is 5.50. The Morgan fingerprint density at radius 2 is 1.86 bits per heavy atom. The number of hydrogen-bond donors (Lipinski definition) is 0. The van der Waals surface area contributed by atoms with Gasteiger partial charge in [-0.05, 0) is 84.9 Å². The van der Waals surface area contributed by atoms with E-state index in [0.717, 1.165) is 48.3 Å². The van der Waals surface area contributed by atoms with E-state index < -0.39 is 0 Å². The molecular weight excluding hydrogens is 420 g/mol. The molecule has 0 radical (unpaired) electrons. The quantitative estimate of drug-likeness (QED) is 0.298. The molecule has 2 heteroatoms. The minimum absolute atomic E-state index is 0.0646. The third-order valence-corrected chi connectivity index (χ3v) is 11.0. The predicted octanol–water partition coefficient (Wildman–Crippen LogP) is 7.97. The summed E-state index contributed by atoms with van der Waals surface area (Å²) in [6.07, 6.45) is 15.4. The summed E-state index contributed by atoms with van der Waals surface area (Å²) in [6, 6.07) is 0. The fourth-order valence-corrected chi connectivity index (χ4v) is 9.03. The number of halogens is 1. The molecule has 0 spiro atoms. The van der Waals surface area contributed by atoms with Crippen molar-refractivity contribution in [3.63, 3.8) is 0 Å². The first kappa shape index (κ1) is 22.1. The maximum absolute atomic E-state index is 12.6. The zero-order valence-electron chi connectivity index (χ0n) is 19.5. The van der Waals surface area contributed by atoms with Crippen molar-refractivity contribution >= 4 is 21.7 Å². The number of alkyl halides is 1. The summed E-state index contributed by atoms with van der Waals surface area (Å²) in [5, 5.41) is 0. The van der Waals surface area contributed by atoms with E-state index in [-0.39, 0.29) is 10.2 Å². The second-order valence-corrected chi connectivity index (χ2v) is 13.2. The molecule has 0 aliphatic heterocycles.